The minimum absolute atomic E-state index is 0.559. The molecule has 5 aromatic heterocycles. The van der Waals surface area contributed by atoms with Crippen LogP contribution >= 0.6 is 11.3 Å². The highest BCUT2D eigenvalue weighted by molar-refractivity contribution is 7.25. The molecule has 0 bridgehead atoms. The summed E-state index contributed by atoms with van der Waals surface area (Å²) in [7, 11) is 0. The largest absolute Gasteiger partial charge is 0.456 e. The first-order valence-corrected chi connectivity index (χ1v) is 21.7. The normalized spacial score (nSPS) is 11.8. The van der Waals surface area contributed by atoms with Crippen molar-refractivity contribution in [2.75, 3.05) is 0 Å². The Hall–Kier alpha value is -8.26. The fourth-order valence-corrected chi connectivity index (χ4v) is 10.2. The third-order valence-corrected chi connectivity index (χ3v) is 13.2. The maximum absolute atomic E-state index is 6.79. The van der Waals surface area contributed by atoms with Gasteiger partial charge in [0.1, 0.15) is 22.3 Å². The lowest BCUT2D eigenvalue weighted by Crippen LogP contribution is -2.00. The molecule has 63 heavy (non-hydrogen) atoms. The summed E-state index contributed by atoms with van der Waals surface area (Å²) < 4.78 is 15.6. The summed E-state index contributed by atoms with van der Waals surface area (Å²) in [6.07, 6.45) is 3.65. The molecule has 0 fully saturated rings. The first kappa shape index (κ1) is 35.5. The SMILES string of the molecule is c1cncc(-c2cccc(-c3nc(-c4ccc(-c5ccc(-c6cccc7sc8ccccc8c67)c6oc7ccccc7c56)cc4)nc(-c4ccc5c(c4)oc4ccccc45)n3)c2)c1. The Morgan fingerprint density at radius 1 is 0.349 bits per heavy atom. The van der Waals surface area contributed by atoms with Gasteiger partial charge in [-0.1, -0.05) is 127 Å². The van der Waals surface area contributed by atoms with Gasteiger partial charge in [-0.05, 0) is 76.9 Å². The predicted octanol–water partition coefficient (Wildman–Crippen LogP) is 15.4. The average Bonchev–Trinajstić information content (AvgIpc) is 4.06. The van der Waals surface area contributed by atoms with Crippen molar-refractivity contribution in [3.63, 3.8) is 0 Å². The van der Waals surface area contributed by atoms with E-state index >= 15 is 0 Å². The van der Waals surface area contributed by atoms with E-state index in [2.05, 4.69) is 138 Å². The number of benzene rings is 8. The van der Waals surface area contributed by atoms with Gasteiger partial charge in [-0.15, -0.1) is 11.3 Å². The van der Waals surface area contributed by atoms with Crippen LogP contribution in [0.3, 0.4) is 0 Å². The summed E-state index contributed by atoms with van der Waals surface area (Å²) in [4.78, 5) is 19.7. The van der Waals surface area contributed by atoms with Crippen LogP contribution < -0.4 is 0 Å². The predicted molar refractivity (Wildman–Crippen MR) is 258 cm³/mol. The minimum Gasteiger partial charge on any atom is -0.456 e. The lowest BCUT2D eigenvalue weighted by atomic mass is 9.92. The third-order valence-electron chi connectivity index (χ3n) is 12.1. The van der Waals surface area contributed by atoms with Gasteiger partial charge < -0.3 is 8.83 Å². The van der Waals surface area contributed by atoms with Crippen LogP contribution in [0.5, 0.6) is 0 Å². The quantitative estimate of drug-likeness (QED) is 0.166. The Kier molecular flexibility index (Phi) is 7.98. The zero-order valence-corrected chi connectivity index (χ0v) is 34.3. The van der Waals surface area contributed by atoms with E-state index < -0.39 is 0 Å². The van der Waals surface area contributed by atoms with E-state index in [1.54, 1.807) is 6.20 Å². The Labute approximate surface area is 364 Å². The number of para-hydroxylation sites is 2. The van der Waals surface area contributed by atoms with Crippen LogP contribution in [0.2, 0.25) is 0 Å². The molecular weight excluding hydrogens is 793 g/mol. The van der Waals surface area contributed by atoms with Crippen LogP contribution in [0.15, 0.2) is 203 Å². The number of fused-ring (bicyclic) bond motifs is 9. The first-order valence-electron chi connectivity index (χ1n) is 20.8. The molecule has 0 saturated heterocycles. The second-order valence-electron chi connectivity index (χ2n) is 15.8. The number of aromatic nitrogens is 4. The van der Waals surface area contributed by atoms with Crippen molar-refractivity contribution in [3.8, 4) is 67.5 Å². The van der Waals surface area contributed by atoms with Gasteiger partial charge in [0.2, 0.25) is 0 Å². The first-order chi connectivity index (χ1) is 31.2. The number of pyridine rings is 1. The van der Waals surface area contributed by atoms with Gasteiger partial charge in [-0.25, -0.2) is 15.0 Å². The Morgan fingerprint density at radius 3 is 1.79 bits per heavy atom. The van der Waals surface area contributed by atoms with E-state index in [4.69, 9.17) is 23.8 Å². The molecule has 13 aromatic rings. The molecule has 0 aliphatic heterocycles. The van der Waals surface area contributed by atoms with E-state index in [0.29, 0.717) is 17.5 Å². The molecule has 0 amide bonds. The number of furan rings is 2. The summed E-state index contributed by atoms with van der Waals surface area (Å²) in [5.41, 5.74) is 12.4. The molecule has 8 aromatic carbocycles. The highest BCUT2D eigenvalue weighted by Gasteiger charge is 2.21. The smallest absolute Gasteiger partial charge is 0.164 e. The molecule has 7 heteroatoms. The second-order valence-corrected chi connectivity index (χ2v) is 16.8. The van der Waals surface area contributed by atoms with Gasteiger partial charge in [-0.3, -0.25) is 4.98 Å². The van der Waals surface area contributed by atoms with Gasteiger partial charge >= 0.3 is 0 Å². The van der Waals surface area contributed by atoms with E-state index in [9.17, 15) is 0 Å². The van der Waals surface area contributed by atoms with Crippen molar-refractivity contribution in [2.24, 2.45) is 0 Å². The van der Waals surface area contributed by atoms with Gasteiger partial charge in [0, 0.05) is 81.9 Å². The second kappa shape index (κ2) is 14.2. The lowest BCUT2D eigenvalue weighted by Gasteiger charge is -2.11. The Balaban J connectivity index is 0.950. The van der Waals surface area contributed by atoms with Gasteiger partial charge in [0.25, 0.3) is 0 Å². The minimum atomic E-state index is 0.559. The maximum atomic E-state index is 6.79. The Bertz CT molecular complexity index is 3920. The van der Waals surface area contributed by atoms with Gasteiger partial charge in [0.15, 0.2) is 17.5 Å². The molecular formula is C56H32N4O2S. The molecule has 0 saturated carbocycles. The van der Waals surface area contributed by atoms with E-state index in [-0.39, 0.29) is 0 Å². The molecule has 294 valence electrons. The van der Waals surface area contributed by atoms with Crippen molar-refractivity contribution in [1.82, 2.24) is 19.9 Å². The molecule has 0 aliphatic carbocycles. The van der Waals surface area contributed by atoms with E-state index in [1.807, 2.05) is 66.1 Å². The number of rotatable bonds is 6. The summed E-state index contributed by atoms with van der Waals surface area (Å²) in [5, 5.41) is 6.82. The standard InChI is InChI=1S/C56H32N4O2S/c1-4-17-46-40(13-1)41-26-25-37(31-48(41)61-46)56-59-54(58-55(60-56)36-11-7-10-35(30-36)38-12-9-29-57-32-38)34-23-21-33(22-24-34)39-27-28-43(53-52(39)44-14-2-5-18-47(44)62-53)42-16-8-20-50-51(42)45-15-3-6-19-49(45)63-50/h1-32H. The lowest BCUT2D eigenvalue weighted by molar-refractivity contribution is 0.669. The van der Waals surface area contributed by atoms with E-state index in [0.717, 1.165) is 88.4 Å². The van der Waals surface area contributed by atoms with Crippen molar-refractivity contribution < 1.29 is 8.83 Å². The average molecular weight is 825 g/mol. The van der Waals surface area contributed by atoms with Crippen molar-refractivity contribution >= 4 is 75.4 Å². The van der Waals surface area contributed by atoms with Crippen LogP contribution in [0.25, 0.3) is 132 Å². The number of thiophene rings is 1. The zero-order chi connectivity index (χ0) is 41.4. The van der Waals surface area contributed by atoms with Crippen LogP contribution in [0.4, 0.5) is 0 Å². The molecule has 13 rings (SSSR count). The van der Waals surface area contributed by atoms with Gasteiger partial charge in [0.05, 0.1) is 0 Å². The highest BCUT2D eigenvalue weighted by Crippen LogP contribution is 2.46. The van der Waals surface area contributed by atoms with Crippen molar-refractivity contribution in [3.05, 3.63) is 194 Å². The number of nitrogens with zero attached hydrogens (tertiary/aromatic N) is 4. The van der Waals surface area contributed by atoms with E-state index in [1.165, 1.54) is 25.7 Å². The van der Waals surface area contributed by atoms with Crippen LogP contribution in [0, 0.1) is 0 Å². The molecule has 0 aliphatic rings. The van der Waals surface area contributed by atoms with Crippen LogP contribution in [-0.4, -0.2) is 19.9 Å². The topological polar surface area (TPSA) is 77.8 Å². The third kappa shape index (κ3) is 5.86. The molecule has 0 atom stereocenters. The van der Waals surface area contributed by atoms with Crippen LogP contribution in [-0.2, 0) is 0 Å². The highest BCUT2D eigenvalue weighted by atomic mass is 32.1. The fourth-order valence-electron chi connectivity index (χ4n) is 9.08. The molecule has 0 N–H and O–H groups in total. The summed E-state index contributed by atoms with van der Waals surface area (Å²) in [6, 6.07) is 63.1. The molecule has 5 heterocycles. The van der Waals surface area contributed by atoms with Crippen molar-refractivity contribution in [1.29, 1.82) is 0 Å². The fraction of sp³-hybridized carbons (Fsp3) is 0. The summed E-state index contributed by atoms with van der Waals surface area (Å²) in [6.45, 7) is 0. The summed E-state index contributed by atoms with van der Waals surface area (Å²) >= 11 is 1.83. The maximum Gasteiger partial charge on any atom is 0.164 e. The molecule has 0 unspecified atom stereocenters. The molecule has 0 radical (unpaired) electrons. The number of hydrogen-bond acceptors (Lipinski definition) is 7. The van der Waals surface area contributed by atoms with Crippen molar-refractivity contribution in [2.45, 2.75) is 0 Å². The monoisotopic (exact) mass is 824 g/mol. The summed E-state index contributed by atoms with van der Waals surface area (Å²) in [5.74, 6) is 1.71. The van der Waals surface area contributed by atoms with Gasteiger partial charge in [-0.2, -0.15) is 0 Å². The molecule has 6 nitrogen and oxygen atoms in total. The zero-order valence-electron chi connectivity index (χ0n) is 33.5. The number of hydrogen-bond donors (Lipinski definition) is 0. The van der Waals surface area contributed by atoms with Crippen LogP contribution in [0.1, 0.15) is 0 Å². The molecule has 0 spiro atoms. The Morgan fingerprint density at radius 2 is 0.968 bits per heavy atom.